The zero-order valence-corrected chi connectivity index (χ0v) is 16.0. The lowest BCUT2D eigenvalue weighted by atomic mass is 9.93. The normalized spacial score (nSPS) is 27.3. The number of fused-ring (bicyclic) bond motifs is 1. The lowest BCUT2D eigenvalue weighted by Crippen LogP contribution is -2.60. The van der Waals surface area contributed by atoms with Gasteiger partial charge in [-0.3, -0.25) is 0 Å². The first-order valence-electron chi connectivity index (χ1n) is 9.41. The molecular weight excluding hydrogens is 378 g/mol. The Labute approximate surface area is 166 Å². The van der Waals surface area contributed by atoms with E-state index in [1.54, 1.807) is 31.2 Å². The predicted octanol–water partition coefficient (Wildman–Crippen LogP) is 1.64. The summed E-state index contributed by atoms with van der Waals surface area (Å²) in [7, 11) is 0. The molecule has 1 aliphatic heterocycles. The second kappa shape index (κ2) is 7.64. The van der Waals surface area contributed by atoms with Gasteiger partial charge in [0.1, 0.15) is 35.2 Å². The molecule has 4 rings (SSSR count). The van der Waals surface area contributed by atoms with Gasteiger partial charge in [-0.05, 0) is 43.7 Å². The Morgan fingerprint density at radius 3 is 2.66 bits per heavy atom. The molecule has 1 fully saturated rings. The monoisotopic (exact) mass is 401 g/mol. The van der Waals surface area contributed by atoms with Gasteiger partial charge in [-0.1, -0.05) is 0 Å². The molecule has 0 spiro atoms. The van der Waals surface area contributed by atoms with Crippen LogP contribution < -0.4 is 10.9 Å². The van der Waals surface area contributed by atoms with Crippen molar-refractivity contribution in [2.75, 3.05) is 11.9 Å². The number of aryl methyl sites for hydroxylation is 1. The molecule has 5 atom stereocenters. The van der Waals surface area contributed by atoms with E-state index >= 15 is 0 Å². The summed E-state index contributed by atoms with van der Waals surface area (Å²) in [5, 5.41) is 33.7. The third-order valence-corrected chi connectivity index (χ3v) is 5.44. The van der Waals surface area contributed by atoms with Gasteiger partial charge in [0.15, 0.2) is 0 Å². The molecule has 1 saturated heterocycles. The van der Waals surface area contributed by atoms with Crippen molar-refractivity contribution in [3.05, 3.63) is 52.6 Å². The van der Waals surface area contributed by atoms with Gasteiger partial charge in [0, 0.05) is 17.1 Å². The first kappa shape index (κ1) is 19.7. The molecule has 4 N–H and O–H groups in total. The number of ether oxygens (including phenoxy) is 1. The summed E-state index contributed by atoms with van der Waals surface area (Å²) in [4.78, 5) is 12.5. The lowest BCUT2D eigenvalue weighted by molar-refractivity contribution is -0.180. The SMILES string of the molecule is Cc1c(-c2ccco2)c(=O)oc2cc(NC3C(C)OC(CO)C(O)C3O)ccc12. The number of aliphatic hydroxyl groups excluding tert-OH is 3. The van der Waals surface area contributed by atoms with Crippen molar-refractivity contribution in [2.45, 2.75) is 44.3 Å². The molecule has 1 aromatic carbocycles. The average molecular weight is 401 g/mol. The van der Waals surface area contributed by atoms with Crippen LogP contribution in [0.5, 0.6) is 0 Å². The van der Waals surface area contributed by atoms with Crippen LogP contribution in [0.2, 0.25) is 0 Å². The van der Waals surface area contributed by atoms with E-state index < -0.39 is 36.1 Å². The molecule has 0 amide bonds. The number of aliphatic hydroxyl groups is 3. The Morgan fingerprint density at radius 1 is 1.17 bits per heavy atom. The third-order valence-electron chi connectivity index (χ3n) is 5.44. The number of nitrogens with one attached hydrogen (secondary N) is 1. The van der Waals surface area contributed by atoms with E-state index in [0.29, 0.717) is 22.6 Å². The minimum absolute atomic E-state index is 0.381. The van der Waals surface area contributed by atoms with E-state index in [0.717, 1.165) is 10.9 Å². The molecule has 0 bridgehead atoms. The summed E-state index contributed by atoms with van der Waals surface area (Å²) in [6, 6.07) is 8.08. The first-order valence-corrected chi connectivity index (χ1v) is 9.41. The molecule has 154 valence electrons. The second-order valence-corrected chi connectivity index (χ2v) is 7.29. The van der Waals surface area contributed by atoms with Crippen molar-refractivity contribution < 1.29 is 28.9 Å². The average Bonchev–Trinajstić information content (AvgIpc) is 3.22. The maximum atomic E-state index is 12.5. The molecular formula is C21H23NO7. The first-order chi connectivity index (χ1) is 13.9. The maximum absolute atomic E-state index is 12.5. The number of hydrogen-bond donors (Lipinski definition) is 4. The number of rotatable bonds is 4. The molecule has 1 aliphatic rings. The third kappa shape index (κ3) is 3.44. The van der Waals surface area contributed by atoms with Crippen molar-refractivity contribution in [2.24, 2.45) is 0 Å². The van der Waals surface area contributed by atoms with Gasteiger partial charge in [0.05, 0.1) is 25.0 Å². The molecule has 8 nitrogen and oxygen atoms in total. The van der Waals surface area contributed by atoms with Crippen molar-refractivity contribution >= 4 is 16.7 Å². The zero-order chi connectivity index (χ0) is 20.7. The van der Waals surface area contributed by atoms with Crippen LogP contribution in [0.3, 0.4) is 0 Å². The van der Waals surface area contributed by atoms with Gasteiger partial charge < -0.3 is 34.2 Å². The Kier molecular flexibility index (Phi) is 5.18. The van der Waals surface area contributed by atoms with Crippen LogP contribution in [0.4, 0.5) is 5.69 Å². The molecule has 5 unspecified atom stereocenters. The quantitative estimate of drug-likeness (QED) is 0.486. The van der Waals surface area contributed by atoms with Crippen molar-refractivity contribution in [1.29, 1.82) is 0 Å². The van der Waals surface area contributed by atoms with Gasteiger partial charge >= 0.3 is 5.63 Å². The van der Waals surface area contributed by atoms with Crippen LogP contribution in [-0.2, 0) is 4.74 Å². The Morgan fingerprint density at radius 2 is 1.97 bits per heavy atom. The Balaban J connectivity index is 1.66. The molecule has 3 aromatic rings. The van der Waals surface area contributed by atoms with E-state index in [1.165, 1.54) is 6.26 Å². The topological polar surface area (TPSA) is 125 Å². The van der Waals surface area contributed by atoms with Gasteiger partial charge in [0.25, 0.3) is 0 Å². The van der Waals surface area contributed by atoms with Crippen LogP contribution in [0, 0.1) is 6.92 Å². The molecule has 0 radical (unpaired) electrons. The summed E-state index contributed by atoms with van der Waals surface area (Å²) >= 11 is 0. The summed E-state index contributed by atoms with van der Waals surface area (Å²) in [5.74, 6) is 0.448. The van der Waals surface area contributed by atoms with E-state index in [2.05, 4.69) is 5.32 Å². The summed E-state index contributed by atoms with van der Waals surface area (Å²) < 4.78 is 16.4. The largest absolute Gasteiger partial charge is 0.464 e. The molecule has 2 aromatic heterocycles. The van der Waals surface area contributed by atoms with Crippen molar-refractivity contribution in [3.8, 4) is 11.3 Å². The molecule has 0 saturated carbocycles. The Bertz CT molecular complexity index is 1060. The minimum Gasteiger partial charge on any atom is -0.464 e. The van der Waals surface area contributed by atoms with Gasteiger partial charge in [-0.25, -0.2) is 4.79 Å². The number of furan rings is 1. The van der Waals surface area contributed by atoms with E-state index in [-0.39, 0.29) is 6.61 Å². The highest BCUT2D eigenvalue weighted by Gasteiger charge is 2.42. The second-order valence-electron chi connectivity index (χ2n) is 7.29. The Hall–Kier alpha value is -2.65. The molecule has 8 heteroatoms. The summed E-state index contributed by atoms with van der Waals surface area (Å²) in [5.41, 5.74) is 1.61. The van der Waals surface area contributed by atoms with Crippen LogP contribution in [0.1, 0.15) is 12.5 Å². The van der Waals surface area contributed by atoms with Crippen LogP contribution in [0.15, 0.2) is 50.2 Å². The van der Waals surface area contributed by atoms with Gasteiger partial charge in [-0.2, -0.15) is 0 Å². The number of hydrogen-bond acceptors (Lipinski definition) is 8. The predicted molar refractivity (Wildman–Crippen MR) is 106 cm³/mol. The van der Waals surface area contributed by atoms with Crippen molar-refractivity contribution in [3.63, 3.8) is 0 Å². The zero-order valence-electron chi connectivity index (χ0n) is 16.0. The molecule has 29 heavy (non-hydrogen) atoms. The number of anilines is 1. The van der Waals surface area contributed by atoms with Gasteiger partial charge in [-0.15, -0.1) is 0 Å². The molecule has 0 aliphatic carbocycles. The smallest absolute Gasteiger partial charge is 0.347 e. The highest BCUT2D eigenvalue weighted by atomic mass is 16.5. The highest BCUT2D eigenvalue weighted by Crippen LogP contribution is 2.30. The fourth-order valence-electron chi connectivity index (χ4n) is 3.85. The molecule has 3 heterocycles. The maximum Gasteiger partial charge on any atom is 0.347 e. The fraction of sp³-hybridized carbons (Fsp3) is 0.381. The van der Waals surface area contributed by atoms with Crippen LogP contribution >= 0.6 is 0 Å². The van der Waals surface area contributed by atoms with Crippen molar-refractivity contribution in [1.82, 2.24) is 0 Å². The summed E-state index contributed by atoms with van der Waals surface area (Å²) in [6.07, 6.45) is -2.15. The lowest BCUT2D eigenvalue weighted by Gasteiger charge is -2.41. The van der Waals surface area contributed by atoms with Crippen LogP contribution in [0.25, 0.3) is 22.3 Å². The van der Waals surface area contributed by atoms with E-state index in [1.807, 2.05) is 13.0 Å². The van der Waals surface area contributed by atoms with E-state index in [9.17, 15) is 20.1 Å². The standard InChI is InChI=1S/C21H23NO7/c1-10-13-6-5-12(22-18-11(2)28-16(9-23)19(24)20(18)25)8-15(13)29-21(26)17(10)14-4-3-7-27-14/h3-8,11,16,18-20,22-25H,9H2,1-2H3. The van der Waals surface area contributed by atoms with Crippen LogP contribution in [-0.4, -0.2) is 52.4 Å². The minimum atomic E-state index is -1.22. The highest BCUT2D eigenvalue weighted by molar-refractivity contribution is 5.87. The van der Waals surface area contributed by atoms with E-state index in [4.69, 9.17) is 13.6 Å². The van der Waals surface area contributed by atoms with Gasteiger partial charge in [0.2, 0.25) is 0 Å². The fourth-order valence-corrected chi connectivity index (χ4v) is 3.85. The number of benzene rings is 1. The summed E-state index contributed by atoms with van der Waals surface area (Å²) in [6.45, 7) is 3.19.